The van der Waals surface area contributed by atoms with Gasteiger partial charge in [0, 0.05) is 14.2 Å². The Kier molecular flexibility index (Phi) is 3.64. The lowest BCUT2D eigenvalue weighted by atomic mass is 10.2. The molecular weight excluding hydrogens is 155 g/mol. The first kappa shape index (κ1) is 9.10. The van der Waals surface area contributed by atoms with Crippen molar-refractivity contribution in [2.45, 2.75) is 0 Å². The molecule has 64 valence electrons. The van der Waals surface area contributed by atoms with Gasteiger partial charge in [0.05, 0.1) is 0 Å². The quantitative estimate of drug-likeness (QED) is 0.631. The van der Waals surface area contributed by atoms with Gasteiger partial charge in [0.1, 0.15) is 5.75 Å². The van der Waals surface area contributed by atoms with Crippen LogP contribution < -0.4 is 4.65 Å². The lowest BCUT2D eigenvalue weighted by molar-refractivity contribution is 0.201. The molecule has 0 heterocycles. The van der Waals surface area contributed by atoms with Crippen LogP contribution in [0.4, 0.5) is 0 Å². The fourth-order valence-electron chi connectivity index (χ4n) is 0.803. The third-order valence-electron chi connectivity index (χ3n) is 1.36. The average Bonchev–Trinajstić information content (AvgIpc) is 2.16. The Labute approximate surface area is 72.4 Å². The second kappa shape index (κ2) is 4.80. The van der Waals surface area contributed by atoms with Gasteiger partial charge in [-0.1, -0.05) is 18.2 Å². The van der Waals surface area contributed by atoms with Gasteiger partial charge in [-0.05, 0) is 12.1 Å². The van der Waals surface area contributed by atoms with E-state index in [1.54, 1.807) is 0 Å². The maximum Gasteiger partial charge on any atom is 0.712 e. The summed E-state index contributed by atoms with van der Waals surface area (Å²) < 4.78 is 15.0. The van der Waals surface area contributed by atoms with Crippen molar-refractivity contribution in [2.24, 2.45) is 0 Å². The molecule has 0 aliphatic heterocycles. The Morgan fingerprint density at radius 3 is 2.08 bits per heavy atom. The van der Waals surface area contributed by atoms with Crippen molar-refractivity contribution < 1.29 is 14.0 Å². The number of hydrogen-bond donors (Lipinski definition) is 0. The van der Waals surface area contributed by atoms with Crippen LogP contribution >= 0.6 is 0 Å². The summed E-state index contributed by atoms with van der Waals surface area (Å²) in [4.78, 5) is 0. The summed E-state index contributed by atoms with van der Waals surface area (Å²) in [5.41, 5.74) is 0. The van der Waals surface area contributed by atoms with Crippen LogP contribution in [0.15, 0.2) is 30.3 Å². The van der Waals surface area contributed by atoms with Gasteiger partial charge in [-0.15, -0.1) is 0 Å². The standard InChI is InChI=1S/C8H11BO3/c1-10-9(11-2)12-8-6-4-3-5-7-8/h3-7H,1-2H3. The van der Waals surface area contributed by atoms with Crippen LogP contribution in [-0.2, 0) is 9.31 Å². The van der Waals surface area contributed by atoms with E-state index < -0.39 is 7.32 Å². The zero-order valence-electron chi connectivity index (χ0n) is 7.19. The fourth-order valence-corrected chi connectivity index (χ4v) is 0.803. The van der Waals surface area contributed by atoms with E-state index in [9.17, 15) is 0 Å². The molecule has 0 amide bonds. The second-order valence-electron chi connectivity index (χ2n) is 2.19. The molecule has 0 bridgehead atoms. The maximum absolute atomic E-state index is 5.27. The molecule has 0 fully saturated rings. The van der Waals surface area contributed by atoms with Gasteiger partial charge in [0.15, 0.2) is 0 Å². The summed E-state index contributed by atoms with van der Waals surface area (Å²) in [7, 11) is 2.42. The minimum Gasteiger partial charge on any atom is -0.512 e. The zero-order chi connectivity index (χ0) is 8.81. The van der Waals surface area contributed by atoms with Crippen molar-refractivity contribution in [1.82, 2.24) is 0 Å². The van der Waals surface area contributed by atoms with Crippen LogP contribution in [0.25, 0.3) is 0 Å². The predicted octanol–water partition coefficient (Wildman–Crippen LogP) is 1.34. The Balaban J connectivity index is 2.51. The highest BCUT2D eigenvalue weighted by Gasteiger charge is 2.19. The number of hydrogen-bond acceptors (Lipinski definition) is 3. The smallest absolute Gasteiger partial charge is 0.512 e. The van der Waals surface area contributed by atoms with E-state index in [4.69, 9.17) is 14.0 Å². The summed E-state index contributed by atoms with van der Waals surface area (Å²) in [5, 5.41) is 0. The molecule has 4 heteroatoms. The van der Waals surface area contributed by atoms with E-state index in [1.165, 1.54) is 14.2 Å². The second-order valence-corrected chi connectivity index (χ2v) is 2.19. The average molecular weight is 166 g/mol. The van der Waals surface area contributed by atoms with Crippen LogP contribution in [0.1, 0.15) is 0 Å². The molecule has 0 spiro atoms. The third kappa shape index (κ3) is 2.56. The lowest BCUT2D eigenvalue weighted by Gasteiger charge is -2.09. The molecule has 1 aromatic carbocycles. The van der Waals surface area contributed by atoms with E-state index in [0.717, 1.165) is 5.75 Å². The molecule has 0 aromatic heterocycles. The van der Waals surface area contributed by atoms with Gasteiger partial charge in [-0.2, -0.15) is 0 Å². The third-order valence-corrected chi connectivity index (χ3v) is 1.36. The van der Waals surface area contributed by atoms with Crippen molar-refractivity contribution >= 4 is 7.32 Å². The summed E-state index contributed by atoms with van der Waals surface area (Å²) in [6.07, 6.45) is 0. The first-order valence-electron chi connectivity index (χ1n) is 3.64. The normalized spacial score (nSPS) is 9.50. The van der Waals surface area contributed by atoms with E-state index in [1.807, 2.05) is 30.3 Å². The summed E-state index contributed by atoms with van der Waals surface area (Å²) in [6, 6.07) is 9.37. The molecule has 0 saturated heterocycles. The molecular formula is C8H11BO3. The van der Waals surface area contributed by atoms with Gasteiger partial charge in [-0.3, -0.25) is 0 Å². The fraction of sp³-hybridized carbons (Fsp3) is 0.250. The van der Waals surface area contributed by atoms with Crippen molar-refractivity contribution in [3.8, 4) is 5.75 Å². The molecule has 12 heavy (non-hydrogen) atoms. The highest BCUT2D eigenvalue weighted by molar-refractivity contribution is 6.37. The maximum atomic E-state index is 5.27. The Morgan fingerprint density at radius 1 is 1.00 bits per heavy atom. The molecule has 1 rings (SSSR count). The lowest BCUT2D eigenvalue weighted by Crippen LogP contribution is -2.27. The summed E-state index contributed by atoms with van der Waals surface area (Å²) in [6.45, 7) is 0. The van der Waals surface area contributed by atoms with Crippen molar-refractivity contribution in [1.29, 1.82) is 0 Å². The monoisotopic (exact) mass is 166 g/mol. The molecule has 0 unspecified atom stereocenters. The largest absolute Gasteiger partial charge is 0.712 e. The molecule has 0 saturated carbocycles. The molecule has 0 radical (unpaired) electrons. The minimum atomic E-state index is -0.632. The number of para-hydroxylation sites is 1. The molecule has 0 aliphatic carbocycles. The van der Waals surface area contributed by atoms with Crippen LogP contribution in [0.2, 0.25) is 0 Å². The Bertz CT molecular complexity index is 211. The topological polar surface area (TPSA) is 27.7 Å². The first-order chi connectivity index (χ1) is 5.86. The first-order valence-corrected chi connectivity index (χ1v) is 3.64. The van der Waals surface area contributed by atoms with Crippen molar-refractivity contribution in [3.05, 3.63) is 30.3 Å². The van der Waals surface area contributed by atoms with E-state index in [2.05, 4.69) is 0 Å². The van der Waals surface area contributed by atoms with Crippen LogP contribution in [-0.4, -0.2) is 21.5 Å². The minimum absolute atomic E-state index is 0.632. The van der Waals surface area contributed by atoms with Crippen LogP contribution in [0.3, 0.4) is 0 Å². The predicted molar refractivity (Wildman–Crippen MR) is 46.8 cm³/mol. The SMILES string of the molecule is COB(OC)Oc1ccccc1. The number of benzene rings is 1. The van der Waals surface area contributed by atoms with Gasteiger partial charge in [0.2, 0.25) is 0 Å². The van der Waals surface area contributed by atoms with Gasteiger partial charge in [-0.25, -0.2) is 0 Å². The molecule has 3 nitrogen and oxygen atoms in total. The Hall–Kier alpha value is -0.995. The molecule has 1 aromatic rings. The van der Waals surface area contributed by atoms with Crippen molar-refractivity contribution in [2.75, 3.05) is 14.2 Å². The van der Waals surface area contributed by atoms with E-state index in [0.29, 0.717) is 0 Å². The molecule has 0 aliphatic rings. The van der Waals surface area contributed by atoms with Crippen LogP contribution in [0, 0.1) is 0 Å². The highest BCUT2D eigenvalue weighted by atomic mass is 16.7. The Morgan fingerprint density at radius 2 is 1.58 bits per heavy atom. The zero-order valence-corrected chi connectivity index (χ0v) is 7.19. The molecule has 0 N–H and O–H groups in total. The van der Waals surface area contributed by atoms with E-state index in [-0.39, 0.29) is 0 Å². The van der Waals surface area contributed by atoms with Crippen LogP contribution in [0.5, 0.6) is 5.75 Å². The molecule has 0 atom stereocenters. The van der Waals surface area contributed by atoms with Crippen molar-refractivity contribution in [3.63, 3.8) is 0 Å². The summed E-state index contributed by atoms with van der Waals surface area (Å²) >= 11 is 0. The van der Waals surface area contributed by atoms with E-state index >= 15 is 0 Å². The summed E-state index contributed by atoms with van der Waals surface area (Å²) in [5.74, 6) is 0.728. The highest BCUT2D eigenvalue weighted by Crippen LogP contribution is 2.09. The van der Waals surface area contributed by atoms with Gasteiger partial charge >= 0.3 is 7.32 Å². The van der Waals surface area contributed by atoms with Gasteiger partial charge in [0.25, 0.3) is 0 Å². The number of rotatable bonds is 4. The van der Waals surface area contributed by atoms with Gasteiger partial charge < -0.3 is 14.0 Å².